The number of non-ortho nitro benzene ring substituents is 1. The third-order valence-electron chi connectivity index (χ3n) is 2.37. The molecule has 0 fully saturated rings. The second-order valence-electron chi connectivity index (χ2n) is 3.73. The second-order valence-corrected chi connectivity index (χ2v) is 5.06. The van der Waals surface area contributed by atoms with Gasteiger partial charge in [-0.25, -0.2) is 4.98 Å². The van der Waals surface area contributed by atoms with E-state index in [0.29, 0.717) is 5.82 Å². The summed E-state index contributed by atoms with van der Waals surface area (Å²) in [6.07, 6.45) is 1.52. The van der Waals surface area contributed by atoms with E-state index in [1.807, 2.05) is 0 Å². The van der Waals surface area contributed by atoms with Gasteiger partial charge in [-0.2, -0.15) is 0 Å². The Kier molecular flexibility index (Phi) is 4.31. The van der Waals surface area contributed by atoms with Crippen molar-refractivity contribution in [2.45, 2.75) is 0 Å². The zero-order valence-electron chi connectivity index (χ0n) is 9.84. The van der Waals surface area contributed by atoms with Crippen LogP contribution in [0.25, 0.3) is 0 Å². The number of pyridine rings is 1. The van der Waals surface area contributed by atoms with Crippen molar-refractivity contribution in [3.63, 3.8) is 0 Å². The topological polar surface area (TPSA) is 85.1 Å². The summed E-state index contributed by atoms with van der Waals surface area (Å²) in [4.78, 5) is 26.0. The van der Waals surface area contributed by atoms with Crippen LogP contribution in [0.2, 0.25) is 5.02 Å². The molecule has 102 valence electrons. The highest BCUT2D eigenvalue weighted by Gasteiger charge is 2.15. The van der Waals surface area contributed by atoms with Crippen LogP contribution in [0.4, 0.5) is 11.5 Å². The summed E-state index contributed by atoms with van der Waals surface area (Å²) in [7, 11) is 0. The van der Waals surface area contributed by atoms with Gasteiger partial charge in [0, 0.05) is 22.8 Å². The predicted octanol–water partition coefficient (Wildman–Crippen LogP) is 3.66. The molecular weight excluding hydrogens is 350 g/mol. The lowest BCUT2D eigenvalue weighted by atomic mass is 10.2. The number of halogens is 2. The monoisotopic (exact) mass is 355 g/mol. The van der Waals surface area contributed by atoms with Crippen LogP contribution >= 0.6 is 27.5 Å². The quantitative estimate of drug-likeness (QED) is 0.672. The summed E-state index contributed by atoms with van der Waals surface area (Å²) in [5.74, 6) is -0.144. The summed E-state index contributed by atoms with van der Waals surface area (Å²) in [5, 5.41) is 13.2. The number of hydrogen-bond donors (Lipinski definition) is 1. The molecule has 0 unspecified atom stereocenters. The van der Waals surface area contributed by atoms with Gasteiger partial charge in [-0.05, 0) is 18.2 Å². The van der Waals surface area contributed by atoms with Crippen LogP contribution in [0.1, 0.15) is 10.4 Å². The average Bonchev–Trinajstić information content (AvgIpc) is 2.38. The minimum Gasteiger partial charge on any atom is -0.306 e. The van der Waals surface area contributed by atoms with E-state index in [1.165, 1.54) is 18.3 Å². The smallest absolute Gasteiger partial charge is 0.270 e. The van der Waals surface area contributed by atoms with Crippen molar-refractivity contribution in [3.8, 4) is 0 Å². The maximum atomic E-state index is 12.0. The molecule has 1 heterocycles. The largest absolute Gasteiger partial charge is 0.306 e. The Bertz CT molecular complexity index is 693. The van der Waals surface area contributed by atoms with Crippen molar-refractivity contribution in [3.05, 3.63) is 61.7 Å². The summed E-state index contributed by atoms with van der Waals surface area (Å²) in [6.45, 7) is 0. The molecule has 0 aliphatic rings. The molecule has 0 saturated carbocycles. The first kappa shape index (κ1) is 14.4. The van der Waals surface area contributed by atoms with Gasteiger partial charge in [0.05, 0.1) is 15.5 Å². The summed E-state index contributed by atoms with van der Waals surface area (Å²) in [6, 6.07) is 6.99. The van der Waals surface area contributed by atoms with Crippen molar-refractivity contribution in [1.82, 2.24) is 4.98 Å². The molecule has 1 aromatic heterocycles. The normalized spacial score (nSPS) is 10.1. The van der Waals surface area contributed by atoms with Crippen molar-refractivity contribution >= 4 is 44.9 Å². The molecular formula is C12H7BrClN3O3. The number of nitro benzene ring substituents is 1. The first-order valence-electron chi connectivity index (χ1n) is 5.34. The van der Waals surface area contributed by atoms with Gasteiger partial charge in [-0.3, -0.25) is 14.9 Å². The third-order valence-corrected chi connectivity index (χ3v) is 3.18. The molecule has 20 heavy (non-hydrogen) atoms. The number of amides is 1. The third kappa shape index (κ3) is 3.31. The van der Waals surface area contributed by atoms with E-state index < -0.39 is 10.8 Å². The number of benzene rings is 1. The molecule has 1 N–H and O–H groups in total. The Morgan fingerprint density at radius 2 is 2.10 bits per heavy atom. The van der Waals surface area contributed by atoms with Gasteiger partial charge in [0.25, 0.3) is 11.6 Å². The van der Waals surface area contributed by atoms with Crippen LogP contribution < -0.4 is 5.32 Å². The first-order chi connectivity index (χ1) is 9.47. The van der Waals surface area contributed by atoms with Gasteiger partial charge in [0.15, 0.2) is 0 Å². The molecule has 0 radical (unpaired) electrons. The van der Waals surface area contributed by atoms with Gasteiger partial charge in [0.1, 0.15) is 5.82 Å². The highest BCUT2D eigenvalue weighted by molar-refractivity contribution is 9.10. The van der Waals surface area contributed by atoms with E-state index in [-0.39, 0.29) is 16.3 Å². The molecule has 0 atom stereocenters. The summed E-state index contributed by atoms with van der Waals surface area (Å²) >= 11 is 9.13. The van der Waals surface area contributed by atoms with Crippen LogP contribution in [0.5, 0.6) is 0 Å². The Balaban J connectivity index is 2.23. The molecule has 0 saturated heterocycles. The highest BCUT2D eigenvalue weighted by Crippen LogP contribution is 2.23. The molecule has 1 amide bonds. The van der Waals surface area contributed by atoms with Gasteiger partial charge in [-0.1, -0.05) is 27.5 Å². The molecule has 8 heteroatoms. The van der Waals surface area contributed by atoms with Crippen LogP contribution in [0.3, 0.4) is 0 Å². The van der Waals surface area contributed by atoms with E-state index in [9.17, 15) is 14.9 Å². The Labute approximate surface area is 127 Å². The predicted molar refractivity (Wildman–Crippen MR) is 78.0 cm³/mol. The number of nitrogens with zero attached hydrogens (tertiary/aromatic N) is 2. The number of nitro groups is 1. The van der Waals surface area contributed by atoms with Crippen LogP contribution in [0.15, 0.2) is 41.0 Å². The number of aromatic nitrogens is 1. The number of carbonyl (C=O) groups excluding carboxylic acids is 1. The fourth-order valence-corrected chi connectivity index (χ4v) is 2.05. The molecule has 1 aromatic carbocycles. The number of rotatable bonds is 3. The standard InChI is InChI=1S/C12H7BrClN3O3/c13-7-3-4-15-11(5-7)16-12(18)9-2-1-8(17(19)20)6-10(9)14/h1-6H,(H,15,16,18). The second kappa shape index (κ2) is 5.98. The van der Waals surface area contributed by atoms with Crippen molar-refractivity contribution in [2.75, 3.05) is 5.32 Å². The molecule has 0 spiro atoms. The summed E-state index contributed by atoms with van der Waals surface area (Å²) in [5.41, 5.74) is -0.0360. The van der Waals surface area contributed by atoms with Gasteiger partial charge >= 0.3 is 0 Å². The molecule has 2 aromatic rings. The zero-order chi connectivity index (χ0) is 14.7. The van der Waals surface area contributed by atoms with Crippen molar-refractivity contribution in [1.29, 1.82) is 0 Å². The van der Waals surface area contributed by atoms with E-state index in [2.05, 4.69) is 26.2 Å². The highest BCUT2D eigenvalue weighted by atomic mass is 79.9. The van der Waals surface area contributed by atoms with Crippen molar-refractivity contribution in [2.24, 2.45) is 0 Å². The fraction of sp³-hybridized carbons (Fsp3) is 0. The number of carbonyl (C=O) groups is 1. The first-order valence-corrected chi connectivity index (χ1v) is 6.51. The van der Waals surface area contributed by atoms with Gasteiger partial charge in [-0.15, -0.1) is 0 Å². The maximum Gasteiger partial charge on any atom is 0.270 e. The van der Waals surface area contributed by atoms with Gasteiger partial charge < -0.3 is 5.32 Å². The SMILES string of the molecule is O=C(Nc1cc(Br)ccn1)c1ccc([N+](=O)[O-])cc1Cl. The fourth-order valence-electron chi connectivity index (χ4n) is 1.46. The van der Waals surface area contributed by atoms with Gasteiger partial charge in [0.2, 0.25) is 0 Å². The van der Waals surface area contributed by atoms with E-state index >= 15 is 0 Å². The lowest BCUT2D eigenvalue weighted by molar-refractivity contribution is -0.384. The molecule has 2 rings (SSSR count). The number of nitrogens with one attached hydrogen (secondary N) is 1. The average molecular weight is 357 g/mol. The molecule has 0 bridgehead atoms. The lowest BCUT2D eigenvalue weighted by Crippen LogP contribution is -2.13. The molecule has 0 aliphatic heterocycles. The minimum atomic E-state index is -0.580. The molecule has 0 aliphatic carbocycles. The van der Waals surface area contributed by atoms with Crippen LogP contribution in [-0.4, -0.2) is 15.8 Å². The number of hydrogen-bond acceptors (Lipinski definition) is 4. The summed E-state index contributed by atoms with van der Waals surface area (Å²) < 4.78 is 0.762. The minimum absolute atomic E-state index is 0.00620. The maximum absolute atomic E-state index is 12.0. The van der Waals surface area contributed by atoms with Crippen LogP contribution in [0, 0.1) is 10.1 Å². The van der Waals surface area contributed by atoms with E-state index in [4.69, 9.17) is 11.6 Å². The van der Waals surface area contributed by atoms with E-state index in [1.54, 1.807) is 12.1 Å². The van der Waals surface area contributed by atoms with Crippen LogP contribution in [-0.2, 0) is 0 Å². The molecule has 6 nitrogen and oxygen atoms in total. The Hall–Kier alpha value is -1.99. The Morgan fingerprint density at radius 1 is 1.35 bits per heavy atom. The Morgan fingerprint density at radius 3 is 2.70 bits per heavy atom. The lowest BCUT2D eigenvalue weighted by Gasteiger charge is -2.06. The number of anilines is 1. The zero-order valence-corrected chi connectivity index (χ0v) is 12.2. The van der Waals surface area contributed by atoms with Crippen molar-refractivity contribution < 1.29 is 9.72 Å². The van der Waals surface area contributed by atoms with E-state index in [0.717, 1.165) is 10.5 Å².